The molecule has 28 heavy (non-hydrogen) atoms. The third kappa shape index (κ3) is 3.39. The molecule has 0 saturated carbocycles. The van der Waals surface area contributed by atoms with Crippen LogP contribution in [0.2, 0.25) is 0 Å². The molecule has 1 N–H and O–H groups in total. The predicted molar refractivity (Wildman–Crippen MR) is 111 cm³/mol. The monoisotopic (exact) mass is 392 g/mol. The lowest BCUT2D eigenvalue weighted by molar-refractivity contribution is 0.0600. The van der Waals surface area contributed by atoms with E-state index in [1.807, 2.05) is 62.5 Å². The van der Waals surface area contributed by atoms with Crippen molar-refractivity contribution in [2.24, 2.45) is 0 Å². The van der Waals surface area contributed by atoms with Crippen molar-refractivity contribution < 1.29 is 14.3 Å². The molecule has 0 aliphatic carbocycles. The number of methoxy groups -OCH3 is 1. The van der Waals surface area contributed by atoms with Gasteiger partial charge in [0.05, 0.1) is 7.11 Å². The Balaban J connectivity index is 1.71. The van der Waals surface area contributed by atoms with Gasteiger partial charge in [0.2, 0.25) is 0 Å². The molecule has 0 aliphatic heterocycles. The average molecular weight is 392 g/mol. The number of thiophene rings is 1. The van der Waals surface area contributed by atoms with Crippen LogP contribution in [-0.2, 0) is 4.74 Å². The number of fused-ring (bicyclic) bond motifs is 1. The molecule has 0 spiro atoms. The molecule has 1 atom stereocenters. The molecule has 3 aromatic heterocycles. The van der Waals surface area contributed by atoms with Crippen molar-refractivity contribution in [1.29, 1.82) is 0 Å². The Morgan fingerprint density at radius 2 is 2.04 bits per heavy atom. The standard InChI is InChI=1S/C22H20N2O3S/c1-13-6-4-5-7-17(13)14(2)27-18-11-19(28-20(18)22(25)26-3)16-10-15-8-9-23-21(15)24-12-16/h4-12,14H,1-3H3,(H,23,24). The van der Waals surface area contributed by atoms with Crippen LogP contribution in [0.1, 0.15) is 33.8 Å². The van der Waals surface area contributed by atoms with Crippen molar-refractivity contribution in [3.05, 3.63) is 70.9 Å². The summed E-state index contributed by atoms with van der Waals surface area (Å²) in [5.74, 6) is 0.121. The van der Waals surface area contributed by atoms with Crippen LogP contribution in [-0.4, -0.2) is 23.0 Å². The molecule has 4 aromatic rings. The predicted octanol–water partition coefficient (Wildman–Crippen LogP) is 5.53. The Kier molecular flexibility index (Phi) is 4.88. The van der Waals surface area contributed by atoms with Crippen molar-refractivity contribution in [2.75, 3.05) is 7.11 Å². The molecule has 0 saturated heterocycles. The van der Waals surface area contributed by atoms with Crippen LogP contribution in [0.3, 0.4) is 0 Å². The zero-order valence-electron chi connectivity index (χ0n) is 15.9. The topological polar surface area (TPSA) is 64.2 Å². The molecule has 5 nitrogen and oxygen atoms in total. The summed E-state index contributed by atoms with van der Waals surface area (Å²) >= 11 is 1.35. The molecule has 4 rings (SSSR count). The number of carbonyl (C=O) groups excluding carboxylic acids is 1. The lowest BCUT2D eigenvalue weighted by Crippen LogP contribution is -2.07. The Morgan fingerprint density at radius 3 is 2.82 bits per heavy atom. The number of nitrogens with one attached hydrogen (secondary N) is 1. The van der Waals surface area contributed by atoms with Crippen LogP contribution in [0.25, 0.3) is 21.5 Å². The fourth-order valence-corrected chi connectivity index (χ4v) is 4.20. The minimum absolute atomic E-state index is 0.197. The van der Waals surface area contributed by atoms with E-state index in [9.17, 15) is 4.79 Å². The number of H-pyrrole nitrogens is 1. The maximum Gasteiger partial charge on any atom is 0.351 e. The van der Waals surface area contributed by atoms with E-state index in [4.69, 9.17) is 9.47 Å². The SMILES string of the molecule is COC(=O)c1sc(-c2cnc3[nH]ccc3c2)cc1OC(C)c1ccccc1C. The largest absolute Gasteiger partial charge is 0.484 e. The van der Waals surface area contributed by atoms with Crippen LogP contribution in [0.5, 0.6) is 5.75 Å². The van der Waals surface area contributed by atoms with E-state index >= 15 is 0 Å². The molecule has 3 heterocycles. The number of esters is 1. The van der Waals surface area contributed by atoms with Gasteiger partial charge in [-0.3, -0.25) is 0 Å². The van der Waals surface area contributed by atoms with Gasteiger partial charge in [0.1, 0.15) is 17.5 Å². The molecule has 142 valence electrons. The number of pyridine rings is 1. The first-order chi connectivity index (χ1) is 13.6. The highest BCUT2D eigenvalue weighted by Crippen LogP contribution is 2.39. The third-order valence-corrected chi connectivity index (χ3v) is 5.83. The molecule has 6 heteroatoms. The Bertz CT molecular complexity index is 1150. The second-order valence-electron chi connectivity index (χ2n) is 6.55. The number of hydrogen-bond donors (Lipinski definition) is 1. The summed E-state index contributed by atoms with van der Waals surface area (Å²) in [5, 5.41) is 1.02. The second kappa shape index (κ2) is 7.48. The number of hydrogen-bond acceptors (Lipinski definition) is 5. The zero-order chi connectivity index (χ0) is 19.7. The highest BCUT2D eigenvalue weighted by molar-refractivity contribution is 7.17. The first-order valence-corrected chi connectivity index (χ1v) is 9.76. The van der Waals surface area contributed by atoms with Gasteiger partial charge in [-0.15, -0.1) is 11.3 Å². The number of aryl methyl sites for hydroxylation is 1. The van der Waals surface area contributed by atoms with Crippen LogP contribution in [0.15, 0.2) is 54.9 Å². The van der Waals surface area contributed by atoms with E-state index in [1.165, 1.54) is 18.4 Å². The maximum absolute atomic E-state index is 12.3. The molecule has 0 bridgehead atoms. The van der Waals surface area contributed by atoms with Gasteiger partial charge >= 0.3 is 5.97 Å². The molecule has 0 aliphatic rings. The van der Waals surface area contributed by atoms with Crippen LogP contribution < -0.4 is 4.74 Å². The summed E-state index contributed by atoms with van der Waals surface area (Å²) in [6, 6.07) is 14.0. The molecular formula is C22H20N2O3S. The molecular weight excluding hydrogens is 372 g/mol. The Hall–Kier alpha value is -3.12. The van der Waals surface area contributed by atoms with Crippen molar-refractivity contribution in [3.8, 4) is 16.2 Å². The number of aromatic amines is 1. The number of ether oxygens (including phenoxy) is 2. The van der Waals surface area contributed by atoms with Gasteiger partial charge in [-0.05, 0) is 43.2 Å². The van der Waals surface area contributed by atoms with E-state index in [2.05, 4.69) is 9.97 Å². The molecule has 0 amide bonds. The van der Waals surface area contributed by atoms with Crippen LogP contribution >= 0.6 is 11.3 Å². The number of carbonyl (C=O) groups is 1. The quantitative estimate of drug-likeness (QED) is 0.454. The highest BCUT2D eigenvalue weighted by atomic mass is 32.1. The third-order valence-electron chi connectivity index (χ3n) is 4.68. The Morgan fingerprint density at radius 1 is 1.21 bits per heavy atom. The summed E-state index contributed by atoms with van der Waals surface area (Å²) in [4.78, 5) is 21.2. The van der Waals surface area contributed by atoms with E-state index in [0.717, 1.165) is 32.6 Å². The second-order valence-corrected chi connectivity index (χ2v) is 7.60. The van der Waals surface area contributed by atoms with Gasteiger partial charge in [-0.25, -0.2) is 9.78 Å². The van der Waals surface area contributed by atoms with Crippen molar-refractivity contribution in [2.45, 2.75) is 20.0 Å². The fraction of sp³-hybridized carbons (Fsp3) is 0.182. The summed E-state index contributed by atoms with van der Waals surface area (Å²) < 4.78 is 11.2. The average Bonchev–Trinajstić information content (AvgIpc) is 3.34. The van der Waals surface area contributed by atoms with E-state index < -0.39 is 5.97 Å². The highest BCUT2D eigenvalue weighted by Gasteiger charge is 2.22. The summed E-state index contributed by atoms with van der Waals surface area (Å²) in [6.45, 7) is 4.03. The smallest absolute Gasteiger partial charge is 0.351 e. The fourth-order valence-electron chi connectivity index (χ4n) is 3.21. The minimum atomic E-state index is -0.404. The lowest BCUT2D eigenvalue weighted by Gasteiger charge is -2.17. The van der Waals surface area contributed by atoms with Crippen LogP contribution in [0.4, 0.5) is 0 Å². The normalized spacial score (nSPS) is 12.1. The van der Waals surface area contributed by atoms with Gasteiger partial charge in [-0.1, -0.05) is 24.3 Å². The van der Waals surface area contributed by atoms with E-state index in [1.54, 1.807) is 6.20 Å². The molecule has 0 fully saturated rings. The van der Waals surface area contributed by atoms with E-state index in [0.29, 0.717) is 10.6 Å². The number of nitrogens with zero attached hydrogens (tertiary/aromatic N) is 1. The summed E-state index contributed by atoms with van der Waals surface area (Å²) in [7, 11) is 1.38. The molecule has 1 unspecified atom stereocenters. The van der Waals surface area contributed by atoms with Gasteiger partial charge in [0, 0.05) is 28.2 Å². The maximum atomic E-state index is 12.3. The first-order valence-electron chi connectivity index (χ1n) is 8.94. The number of aromatic nitrogens is 2. The summed E-state index contributed by atoms with van der Waals surface area (Å²) in [6.07, 6.45) is 3.45. The van der Waals surface area contributed by atoms with E-state index in [-0.39, 0.29) is 6.10 Å². The molecule has 0 radical (unpaired) electrons. The number of rotatable bonds is 5. The molecule has 1 aromatic carbocycles. The zero-order valence-corrected chi connectivity index (χ0v) is 16.7. The minimum Gasteiger partial charge on any atom is -0.484 e. The van der Waals surface area contributed by atoms with Gasteiger partial charge in [0.25, 0.3) is 0 Å². The lowest BCUT2D eigenvalue weighted by atomic mass is 10.0. The first kappa shape index (κ1) is 18.3. The van der Waals surface area contributed by atoms with Crippen molar-refractivity contribution in [3.63, 3.8) is 0 Å². The van der Waals surface area contributed by atoms with Gasteiger partial charge in [0.15, 0.2) is 4.88 Å². The van der Waals surface area contributed by atoms with Crippen molar-refractivity contribution >= 4 is 28.3 Å². The number of benzene rings is 1. The van der Waals surface area contributed by atoms with Gasteiger partial charge in [-0.2, -0.15) is 0 Å². The summed E-state index contributed by atoms with van der Waals surface area (Å²) in [5.41, 5.74) is 3.99. The van der Waals surface area contributed by atoms with Gasteiger partial charge < -0.3 is 14.5 Å². The Labute approximate surface area is 167 Å². The van der Waals surface area contributed by atoms with Crippen molar-refractivity contribution in [1.82, 2.24) is 9.97 Å². The van der Waals surface area contributed by atoms with Crippen LogP contribution in [0, 0.1) is 6.92 Å².